The highest BCUT2D eigenvalue weighted by molar-refractivity contribution is 5.64. The average Bonchev–Trinajstić information content (AvgIpc) is 3.13. The first-order valence-electron chi connectivity index (χ1n) is 6.08. The zero-order chi connectivity index (χ0) is 14.3. The van der Waals surface area contributed by atoms with Crippen LogP contribution < -0.4 is 5.73 Å². The summed E-state index contributed by atoms with van der Waals surface area (Å²) in [6.07, 6.45) is 0.461. The van der Waals surface area contributed by atoms with Gasteiger partial charge in [-0.05, 0) is 0 Å². The molecule has 0 aliphatic carbocycles. The minimum absolute atomic E-state index is 0.245. The van der Waals surface area contributed by atoms with Crippen molar-refractivity contribution in [1.82, 2.24) is 19.5 Å². The van der Waals surface area contributed by atoms with Crippen molar-refractivity contribution >= 4 is 5.82 Å². The summed E-state index contributed by atoms with van der Waals surface area (Å²) in [5.74, 6) is 0.739. The maximum Gasteiger partial charge on any atom is 0.165 e. The Morgan fingerprint density at radius 1 is 1.35 bits per heavy atom. The van der Waals surface area contributed by atoms with Crippen molar-refractivity contribution in [2.24, 2.45) is 0 Å². The number of nitrogens with one attached hydrogen (secondary N) is 1. The molecule has 4 atom stereocenters. The first-order chi connectivity index (χ1) is 9.63. The molecule has 0 radical (unpaired) electrons. The summed E-state index contributed by atoms with van der Waals surface area (Å²) in [6.45, 7) is -0.394. The first kappa shape index (κ1) is 13.1. The van der Waals surface area contributed by atoms with E-state index >= 15 is 0 Å². The van der Waals surface area contributed by atoms with Crippen molar-refractivity contribution in [3.63, 3.8) is 0 Å². The summed E-state index contributed by atoms with van der Waals surface area (Å²) in [6, 6.07) is 0. The van der Waals surface area contributed by atoms with Crippen LogP contribution in [0.3, 0.4) is 0 Å². The van der Waals surface area contributed by atoms with E-state index in [0.29, 0.717) is 11.5 Å². The molecule has 4 unspecified atom stereocenters. The van der Waals surface area contributed by atoms with Crippen LogP contribution in [0.2, 0.25) is 0 Å². The van der Waals surface area contributed by atoms with E-state index in [2.05, 4.69) is 15.0 Å². The van der Waals surface area contributed by atoms with E-state index in [-0.39, 0.29) is 5.82 Å². The Bertz CT molecular complexity index is 584. The molecule has 9 heteroatoms. The van der Waals surface area contributed by atoms with Crippen LogP contribution >= 0.6 is 0 Å². The zero-order valence-corrected chi connectivity index (χ0v) is 10.4. The number of aliphatic hydroxyl groups is 3. The van der Waals surface area contributed by atoms with Gasteiger partial charge in [0.25, 0.3) is 0 Å². The maximum atomic E-state index is 9.96. The number of aliphatic hydroxyl groups excluding tert-OH is 3. The Balaban J connectivity index is 1.92. The second-order valence-corrected chi connectivity index (χ2v) is 4.55. The average molecular weight is 281 g/mol. The monoisotopic (exact) mass is 281 g/mol. The third kappa shape index (κ3) is 1.88. The SMILES string of the molecule is Nc1c(-c2ncc[nH]2)ncn1C1OC(CO)C(O)C1O. The lowest BCUT2D eigenvalue weighted by Gasteiger charge is -2.17. The molecule has 1 aliphatic heterocycles. The topological polar surface area (TPSA) is 142 Å². The van der Waals surface area contributed by atoms with E-state index in [1.54, 1.807) is 12.4 Å². The number of imidazole rings is 2. The molecule has 0 spiro atoms. The lowest BCUT2D eigenvalue weighted by Crippen LogP contribution is -2.33. The Morgan fingerprint density at radius 2 is 2.15 bits per heavy atom. The quantitative estimate of drug-likeness (QED) is 0.459. The van der Waals surface area contributed by atoms with Crippen LogP contribution in [0.25, 0.3) is 11.5 Å². The van der Waals surface area contributed by atoms with Gasteiger partial charge in [-0.1, -0.05) is 0 Å². The van der Waals surface area contributed by atoms with Crippen LogP contribution in [-0.4, -0.2) is 59.8 Å². The molecule has 0 saturated carbocycles. The van der Waals surface area contributed by atoms with Crippen LogP contribution in [-0.2, 0) is 4.74 Å². The molecule has 3 heterocycles. The van der Waals surface area contributed by atoms with Gasteiger partial charge in [0.05, 0.1) is 12.9 Å². The normalized spacial score (nSPS) is 29.9. The summed E-state index contributed by atoms with van der Waals surface area (Å²) >= 11 is 0. The molecule has 0 bridgehead atoms. The smallest absolute Gasteiger partial charge is 0.165 e. The molecule has 9 nitrogen and oxygen atoms in total. The molecule has 2 aromatic rings. The number of nitrogens with two attached hydrogens (primary N) is 1. The van der Waals surface area contributed by atoms with Crippen molar-refractivity contribution in [2.75, 3.05) is 12.3 Å². The van der Waals surface area contributed by atoms with Gasteiger partial charge in [-0.2, -0.15) is 0 Å². The van der Waals surface area contributed by atoms with E-state index < -0.39 is 31.1 Å². The summed E-state index contributed by atoms with van der Waals surface area (Å²) < 4.78 is 6.80. The van der Waals surface area contributed by atoms with Crippen molar-refractivity contribution in [3.05, 3.63) is 18.7 Å². The molecule has 6 N–H and O–H groups in total. The standard InChI is InChI=1S/C11H15N5O4/c12-9-6(10-13-1-2-14-10)15-4-16(9)11-8(19)7(18)5(3-17)20-11/h1-2,4-5,7-8,11,17-19H,3,12H2,(H,13,14). The fourth-order valence-electron chi connectivity index (χ4n) is 2.26. The molecule has 1 saturated heterocycles. The van der Waals surface area contributed by atoms with Gasteiger partial charge in [-0.3, -0.25) is 4.57 Å². The lowest BCUT2D eigenvalue weighted by molar-refractivity contribution is -0.0517. The molecular formula is C11H15N5O4. The molecule has 0 aromatic carbocycles. The Labute approximate surface area is 113 Å². The predicted molar refractivity (Wildman–Crippen MR) is 67.2 cm³/mol. The first-order valence-corrected chi connectivity index (χ1v) is 6.08. The van der Waals surface area contributed by atoms with Crippen molar-refractivity contribution in [2.45, 2.75) is 24.5 Å². The number of ether oxygens (including phenoxy) is 1. The van der Waals surface area contributed by atoms with Crippen molar-refractivity contribution < 1.29 is 20.1 Å². The van der Waals surface area contributed by atoms with Crippen LogP contribution in [0, 0.1) is 0 Å². The van der Waals surface area contributed by atoms with Gasteiger partial charge in [-0.25, -0.2) is 9.97 Å². The molecule has 0 amide bonds. The van der Waals surface area contributed by atoms with E-state index in [1.165, 1.54) is 10.9 Å². The fourth-order valence-corrected chi connectivity index (χ4v) is 2.26. The van der Waals surface area contributed by atoms with Gasteiger partial charge in [0, 0.05) is 12.4 Å². The molecule has 3 rings (SSSR count). The lowest BCUT2D eigenvalue weighted by atomic mass is 10.1. The van der Waals surface area contributed by atoms with Crippen molar-refractivity contribution in [3.8, 4) is 11.5 Å². The maximum absolute atomic E-state index is 9.96. The number of nitrogen functional groups attached to an aromatic ring is 1. The largest absolute Gasteiger partial charge is 0.394 e. The Kier molecular flexibility index (Phi) is 3.18. The minimum Gasteiger partial charge on any atom is -0.394 e. The molecule has 1 fully saturated rings. The third-order valence-electron chi connectivity index (χ3n) is 3.35. The Morgan fingerprint density at radius 3 is 2.75 bits per heavy atom. The highest BCUT2D eigenvalue weighted by Crippen LogP contribution is 2.33. The second-order valence-electron chi connectivity index (χ2n) is 4.55. The number of rotatable bonds is 3. The summed E-state index contributed by atoms with van der Waals surface area (Å²) in [5, 5.41) is 28.8. The molecule has 1 aliphatic rings. The van der Waals surface area contributed by atoms with Gasteiger partial charge < -0.3 is 30.8 Å². The number of hydrogen-bond donors (Lipinski definition) is 5. The van der Waals surface area contributed by atoms with E-state index in [0.717, 1.165) is 0 Å². The van der Waals surface area contributed by atoms with Crippen LogP contribution in [0.4, 0.5) is 5.82 Å². The van der Waals surface area contributed by atoms with Crippen LogP contribution in [0.15, 0.2) is 18.7 Å². The van der Waals surface area contributed by atoms with Gasteiger partial charge >= 0.3 is 0 Å². The minimum atomic E-state index is -1.20. The zero-order valence-electron chi connectivity index (χ0n) is 10.4. The highest BCUT2D eigenvalue weighted by Gasteiger charge is 2.44. The number of aromatic nitrogens is 4. The van der Waals surface area contributed by atoms with E-state index in [9.17, 15) is 10.2 Å². The number of anilines is 1. The van der Waals surface area contributed by atoms with Crippen LogP contribution in [0.5, 0.6) is 0 Å². The number of aromatic amines is 1. The van der Waals surface area contributed by atoms with E-state index in [1.807, 2.05) is 0 Å². The van der Waals surface area contributed by atoms with Gasteiger partial charge in [0.2, 0.25) is 0 Å². The summed E-state index contributed by atoms with van der Waals surface area (Å²) in [5.41, 5.74) is 6.40. The van der Waals surface area contributed by atoms with Crippen molar-refractivity contribution in [1.29, 1.82) is 0 Å². The van der Waals surface area contributed by atoms with Crippen LogP contribution in [0.1, 0.15) is 6.23 Å². The molecule has 2 aromatic heterocycles. The number of hydrogen-bond acceptors (Lipinski definition) is 7. The summed E-state index contributed by atoms with van der Waals surface area (Å²) in [7, 11) is 0. The van der Waals surface area contributed by atoms with Gasteiger partial charge in [0.1, 0.15) is 29.8 Å². The predicted octanol–water partition coefficient (Wildman–Crippen LogP) is -1.53. The summed E-state index contributed by atoms with van der Waals surface area (Å²) in [4.78, 5) is 11.0. The molecule has 20 heavy (non-hydrogen) atoms. The number of H-pyrrole nitrogens is 1. The second kappa shape index (κ2) is 4.87. The van der Waals surface area contributed by atoms with Gasteiger partial charge in [-0.15, -0.1) is 0 Å². The molecular weight excluding hydrogens is 266 g/mol. The molecule has 108 valence electrons. The van der Waals surface area contributed by atoms with Gasteiger partial charge in [0.15, 0.2) is 12.1 Å². The highest BCUT2D eigenvalue weighted by atomic mass is 16.6. The third-order valence-corrected chi connectivity index (χ3v) is 3.35. The Hall–Kier alpha value is -1.94. The van der Waals surface area contributed by atoms with E-state index in [4.69, 9.17) is 15.6 Å². The fraction of sp³-hybridized carbons (Fsp3) is 0.455. The number of nitrogens with zero attached hydrogens (tertiary/aromatic N) is 3.